The first-order valence-electron chi connectivity index (χ1n) is 8.97. The topological polar surface area (TPSA) is 74.9 Å². The van der Waals surface area contributed by atoms with Gasteiger partial charge in [-0.3, -0.25) is 9.79 Å². The predicted molar refractivity (Wildman–Crippen MR) is 96.2 cm³/mol. The Balaban J connectivity index is 1.91. The second-order valence-corrected chi connectivity index (χ2v) is 7.32. The van der Waals surface area contributed by atoms with Crippen LogP contribution >= 0.6 is 0 Å². The molecule has 2 fully saturated rings. The maximum absolute atomic E-state index is 15.1. The van der Waals surface area contributed by atoms with Gasteiger partial charge in [0, 0.05) is 36.6 Å². The number of carboxylic acid groups (broad SMARTS) is 1. The second-order valence-electron chi connectivity index (χ2n) is 7.32. The van der Waals surface area contributed by atoms with Gasteiger partial charge in [-0.25, -0.2) is 9.18 Å². The van der Waals surface area contributed by atoms with Crippen molar-refractivity contribution in [3.63, 3.8) is 0 Å². The Morgan fingerprint density at radius 3 is 2.81 bits per heavy atom. The fourth-order valence-corrected chi connectivity index (χ4v) is 4.30. The molecule has 0 amide bonds. The van der Waals surface area contributed by atoms with E-state index in [4.69, 9.17) is 0 Å². The number of anilines is 1. The molecule has 7 heteroatoms. The van der Waals surface area contributed by atoms with Gasteiger partial charge in [0.1, 0.15) is 11.4 Å². The number of aromatic carboxylic acids is 1. The van der Waals surface area contributed by atoms with Gasteiger partial charge >= 0.3 is 5.97 Å². The van der Waals surface area contributed by atoms with Crippen molar-refractivity contribution in [1.29, 1.82) is 0 Å². The minimum atomic E-state index is -1.28. The molecule has 1 saturated heterocycles. The van der Waals surface area contributed by atoms with Crippen molar-refractivity contribution in [3.05, 3.63) is 39.4 Å². The standard InChI is InChI=1S/C19H18FN3O3/c20-15-6-12-16(13-8-21-7-11-2-1-5-22(11)17(13)15)23(10-3-4-10)9-14(18(12)24)19(25)26/h6,8-11H,1-5,7H2,(H,25,26). The molecule has 134 valence electrons. The van der Waals surface area contributed by atoms with E-state index in [9.17, 15) is 14.7 Å². The van der Waals surface area contributed by atoms with Crippen molar-refractivity contribution >= 4 is 28.8 Å². The second kappa shape index (κ2) is 5.40. The molecule has 26 heavy (non-hydrogen) atoms. The first-order valence-corrected chi connectivity index (χ1v) is 8.97. The highest BCUT2D eigenvalue weighted by Gasteiger charge is 2.34. The van der Waals surface area contributed by atoms with Crippen LogP contribution in [-0.4, -0.2) is 41.0 Å². The van der Waals surface area contributed by atoms with E-state index < -0.39 is 17.2 Å². The molecule has 3 heterocycles. The number of hydrogen-bond acceptors (Lipinski definition) is 4. The van der Waals surface area contributed by atoms with E-state index in [-0.39, 0.29) is 23.0 Å². The number of carboxylic acids is 1. The van der Waals surface area contributed by atoms with E-state index in [2.05, 4.69) is 9.89 Å². The Bertz CT molecular complexity index is 1040. The molecule has 1 N–H and O–H groups in total. The molecule has 0 radical (unpaired) electrons. The van der Waals surface area contributed by atoms with Crippen LogP contribution in [0.25, 0.3) is 10.9 Å². The molecule has 1 aliphatic carbocycles. The molecule has 1 aromatic carbocycles. The third-order valence-electron chi connectivity index (χ3n) is 5.65. The minimum absolute atomic E-state index is 0.122. The van der Waals surface area contributed by atoms with Gasteiger partial charge in [0.15, 0.2) is 0 Å². The number of benzene rings is 1. The van der Waals surface area contributed by atoms with E-state index in [1.165, 1.54) is 12.3 Å². The summed E-state index contributed by atoms with van der Waals surface area (Å²) in [7, 11) is 0. The van der Waals surface area contributed by atoms with Crippen molar-refractivity contribution in [2.45, 2.75) is 37.8 Å². The molecule has 1 atom stereocenters. The summed E-state index contributed by atoms with van der Waals surface area (Å²) in [5, 5.41) is 9.51. The largest absolute Gasteiger partial charge is 0.477 e. The van der Waals surface area contributed by atoms with Crippen LogP contribution in [0.2, 0.25) is 0 Å². The first kappa shape index (κ1) is 15.5. The lowest BCUT2D eigenvalue weighted by atomic mass is 10.0. The molecule has 5 rings (SSSR count). The third-order valence-corrected chi connectivity index (χ3v) is 5.65. The van der Waals surface area contributed by atoms with Crippen molar-refractivity contribution in [2.24, 2.45) is 4.99 Å². The fourth-order valence-electron chi connectivity index (χ4n) is 4.30. The van der Waals surface area contributed by atoms with E-state index in [1.54, 1.807) is 6.21 Å². The Labute approximate surface area is 148 Å². The Morgan fingerprint density at radius 2 is 2.08 bits per heavy atom. The lowest BCUT2D eigenvalue weighted by molar-refractivity contribution is 0.0695. The zero-order valence-electron chi connectivity index (χ0n) is 14.1. The molecule has 6 nitrogen and oxygen atoms in total. The summed E-state index contributed by atoms with van der Waals surface area (Å²) in [6.07, 6.45) is 6.90. The summed E-state index contributed by atoms with van der Waals surface area (Å²) in [6.45, 7) is 1.38. The summed E-state index contributed by atoms with van der Waals surface area (Å²) in [4.78, 5) is 30.7. The first-order chi connectivity index (χ1) is 12.6. The van der Waals surface area contributed by atoms with E-state index in [0.29, 0.717) is 23.3 Å². The maximum atomic E-state index is 15.1. The highest BCUT2D eigenvalue weighted by Crippen LogP contribution is 2.41. The fraction of sp³-hybridized carbons (Fsp3) is 0.421. The lowest BCUT2D eigenvalue weighted by Crippen LogP contribution is -2.32. The van der Waals surface area contributed by atoms with Crippen LogP contribution in [0.5, 0.6) is 0 Å². The number of nitrogens with zero attached hydrogens (tertiary/aromatic N) is 3. The van der Waals surface area contributed by atoms with Gasteiger partial charge in [-0.15, -0.1) is 0 Å². The Morgan fingerprint density at radius 1 is 1.27 bits per heavy atom. The third kappa shape index (κ3) is 2.12. The summed E-state index contributed by atoms with van der Waals surface area (Å²) in [6, 6.07) is 1.55. The summed E-state index contributed by atoms with van der Waals surface area (Å²) >= 11 is 0. The smallest absolute Gasteiger partial charge is 0.341 e. The number of rotatable bonds is 2. The van der Waals surface area contributed by atoms with Crippen LogP contribution in [0, 0.1) is 5.82 Å². The molecule has 1 aromatic heterocycles. The van der Waals surface area contributed by atoms with Crippen LogP contribution in [0.15, 0.2) is 22.1 Å². The van der Waals surface area contributed by atoms with Gasteiger partial charge in [-0.1, -0.05) is 0 Å². The van der Waals surface area contributed by atoms with Crippen LogP contribution < -0.4 is 10.3 Å². The van der Waals surface area contributed by atoms with Crippen LogP contribution in [0.1, 0.15) is 47.6 Å². The van der Waals surface area contributed by atoms with Gasteiger partial charge < -0.3 is 14.6 Å². The number of halogens is 1. The number of hydrogen-bond donors (Lipinski definition) is 1. The Kier molecular flexibility index (Phi) is 3.23. The van der Waals surface area contributed by atoms with Crippen molar-refractivity contribution in [3.8, 4) is 0 Å². The van der Waals surface area contributed by atoms with Gasteiger partial charge in [0.2, 0.25) is 5.43 Å². The highest BCUT2D eigenvalue weighted by atomic mass is 19.1. The van der Waals surface area contributed by atoms with E-state index in [1.807, 2.05) is 4.57 Å². The van der Waals surface area contributed by atoms with Gasteiger partial charge in [-0.05, 0) is 31.7 Å². The monoisotopic (exact) mass is 355 g/mol. The number of aliphatic imine (C=N–C) groups is 1. The Hall–Kier alpha value is -2.70. The predicted octanol–water partition coefficient (Wildman–Crippen LogP) is 2.58. The van der Waals surface area contributed by atoms with Crippen molar-refractivity contribution < 1.29 is 14.3 Å². The summed E-state index contributed by atoms with van der Waals surface area (Å²) in [5.74, 6) is -1.76. The normalized spacial score (nSPS) is 21.6. The number of fused-ring (bicyclic) bond motifs is 5. The van der Waals surface area contributed by atoms with E-state index in [0.717, 1.165) is 32.2 Å². The van der Waals surface area contributed by atoms with Gasteiger partial charge in [0.25, 0.3) is 0 Å². The average molecular weight is 355 g/mol. The van der Waals surface area contributed by atoms with Crippen molar-refractivity contribution in [1.82, 2.24) is 4.57 Å². The number of pyridine rings is 1. The van der Waals surface area contributed by atoms with E-state index >= 15 is 4.39 Å². The highest BCUT2D eigenvalue weighted by molar-refractivity contribution is 6.06. The van der Waals surface area contributed by atoms with Gasteiger partial charge in [0.05, 0.1) is 23.1 Å². The molecule has 3 aliphatic rings. The van der Waals surface area contributed by atoms with Crippen molar-refractivity contribution in [2.75, 3.05) is 18.0 Å². The van der Waals surface area contributed by atoms with Gasteiger partial charge in [-0.2, -0.15) is 0 Å². The molecular weight excluding hydrogens is 337 g/mol. The molecule has 0 spiro atoms. The van der Waals surface area contributed by atoms with Crippen LogP contribution in [0.4, 0.5) is 10.1 Å². The average Bonchev–Trinajstić information content (AvgIpc) is 3.38. The lowest BCUT2D eigenvalue weighted by Gasteiger charge is -2.27. The number of carbonyl (C=O) groups is 1. The molecular formula is C19H18FN3O3. The van der Waals surface area contributed by atoms with Crippen LogP contribution in [0.3, 0.4) is 0 Å². The molecule has 1 saturated carbocycles. The summed E-state index contributed by atoms with van der Waals surface area (Å²) < 4.78 is 16.9. The SMILES string of the molecule is O=C(O)c1cn(C2CC2)c2c3c(c(F)cc2c1=O)N1CCCC1CN=C3. The van der Waals surface area contributed by atoms with Crippen LogP contribution in [-0.2, 0) is 0 Å². The molecule has 0 bridgehead atoms. The maximum Gasteiger partial charge on any atom is 0.341 e. The molecule has 2 aliphatic heterocycles. The molecule has 2 aromatic rings. The zero-order chi connectivity index (χ0) is 18.0. The molecule has 1 unspecified atom stereocenters. The number of aromatic nitrogens is 1. The minimum Gasteiger partial charge on any atom is -0.477 e. The quantitative estimate of drug-likeness (QED) is 0.898. The zero-order valence-corrected chi connectivity index (χ0v) is 14.1. The summed E-state index contributed by atoms with van der Waals surface area (Å²) in [5.41, 5.74) is 0.758.